The van der Waals surface area contributed by atoms with Crippen LogP contribution >= 0.6 is 34.2 Å². The molecule has 0 amide bonds. The van der Waals surface area contributed by atoms with Crippen molar-refractivity contribution in [1.82, 2.24) is 14.5 Å². The number of aromatic nitrogens is 3. The van der Waals surface area contributed by atoms with Crippen molar-refractivity contribution in [2.24, 2.45) is 0 Å². The molecule has 0 N–H and O–H groups in total. The van der Waals surface area contributed by atoms with Crippen molar-refractivity contribution < 1.29 is 0 Å². The third-order valence-electron chi connectivity index (χ3n) is 2.38. The zero-order chi connectivity index (χ0) is 12.4. The third-order valence-corrected chi connectivity index (χ3v) is 3.96. The van der Waals surface area contributed by atoms with Crippen molar-refractivity contribution in [3.05, 3.63) is 55.0 Å². The molecule has 0 saturated heterocycles. The fourth-order valence-electron chi connectivity index (χ4n) is 1.40. The molecular weight excluding hydrogens is 352 g/mol. The summed E-state index contributed by atoms with van der Waals surface area (Å²) in [5.41, 5.74) is 1.76. The van der Waals surface area contributed by atoms with Gasteiger partial charge in [-0.15, -0.1) is 0 Å². The lowest BCUT2D eigenvalue weighted by molar-refractivity contribution is 0.709. The molecule has 0 aromatic carbocycles. The quantitative estimate of drug-likeness (QED) is 0.609. The van der Waals surface area contributed by atoms with Gasteiger partial charge in [0.15, 0.2) is 0 Å². The predicted octanol–water partition coefficient (Wildman–Crippen LogP) is 2.25. The summed E-state index contributed by atoms with van der Waals surface area (Å²) in [6.45, 7) is 2.37. The molecule has 6 heteroatoms. The van der Waals surface area contributed by atoms with Crippen LogP contribution in [0.5, 0.6) is 0 Å². The monoisotopic (exact) mass is 361 g/mol. The SMILES string of the molecule is Cc1cccnc1Cn1cnc(Cl)c(I)c1=O. The molecule has 4 nitrogen and oxygen atoms in total. The minimum Gasteiger partial charge on any atom is -0.292 e. The molecule has 17 heavy (non-hydrogen) atoms. The molecular formula is C11H9ClIN3O. The van der Waals surface area contributed by atoms with Gasteiger partial charge in [-0.05, 0) is 41.1 Å². The number of aryl methyl sites for hydroxylation is 1. The molecule has 0 fully saturated rings. The van der Waals surface area contributed by atoms with Crippen molar-refractivity contribution in [2.45, 2.75) is 13.5 Å². The van der Waals surface area contributed by atoms with Crippen LogP contribution in [-0.2, 0) is 6.54 Å². The van der Waals surface area contributed by atoms with Crippen LogP contribution in [0.25, 0.3) is 0 Å². The van der Waals surface area contributed by atoms with Crippen LogP contribution in [0.4, 0.5) is 0 Å². The highest BCUT2D eigenvalue weighted by Crippen LogP contribution is 2.10. The van der Waals surface area contributed by atoms with E-state index in [4.69, 9.17) is 11.6 Å². The molecule has 0 aliphatic heterocycles. The molecule has 88 valence electrons. The number of hydrogen-bond donors (Lipinski definition) is 0. The van der Waals surface area contributed by atoms with E-state index in [9.17, 15) is 4.79 Å². The molecule has 0 atom stereocenters. The Kier molecular flexibility index (Phi) is 3.78. The maximum Gasteiger partial charge on any atom is 0.268 e. The smallest absolute Gasteiger partial charge is 0.268 e. The van der Waals surface area contributed by atoms with Crippen LogP contribution in [0, 0.1) is 10.5 Å². The lowest BCUT2D eigenvalue weighted by Gasteiger charge is -2.07. The first-order valence-corrected chi connectivity index (χ1v) is 6.36. The molecule has 0 aliphatic carbocycles. The highest BCUT2D eigenvalue weighted by Gasteiger charge is 2.08. The molecule has 0 spiro atoms. The van der Waals surface area contributed by atoms with Gasteiger partial charge < -0.3 is 0 Å². The van der Waals surface area contributed by atoms with Gasteiger partial charge in [0.05, 0.1) is 18.6 Å². The van der Waals surface area contributed by atoms with Crippen LogP contribution < -0.4 is 5.56 Å². The molecule has 0 saturated carbocycles. The first-order chi connectivity index (χ1) is 8.09. The summed E-state index contributed by atoms with van der Waals surface area (Å²) in [5.74, 6) is 0. The van der Waals surface area contributed by atoms with Gasteiger partial charge in [0.25, 0.3) is 5.56 Å². The first-order valence-electron chi connectivity index (χ1n) is 4.90. The minimum atomic E-state index is -0.143. The Bertz CT molecular complexity index is 612. The summed E-state index contributed by atoms with van der Waals surface area (Å²) >= 11 is 7.67. The second kappa shape index (κ2) is 5.14. The van der Waals surface area contributed by atoms with Gasteiger partial charge in [-0.1, -0.05) is 17.7 Å². The maximum absolute atomic E-state index is 11.9. The molecule has 0 unspecified atom stereocenters. The second-order valence-corrected chi connectivity index (χ2v) is 4.99. The Hall–Kier alpha value is -0.950. The van der Waals surface area contributed by atoms with Gasteiger partial charge in [0.2, 0.25) is 0 Å². The van der Waals surface area contributed by atoms with E-state index < -0.39 is 0 Å². The summed E-state index contributed by atoms with van der Waals surface area (Å²) in [6.07, 6.45) is 3.16. The topological polar surface area (TPSA) is 47.8 Å². The Morgan fingerprint density at radius 1 is 1.47 bits per heavy atom. The predicted molar refractivity (Wildman–Crippen MR) is 74.3 cm³/mol. The normalized spacial score (nSPS) is 10.5. The van der Waals surface area contributed by atoms with E-state index >= 15 is 0 Å². The third kappa shape index (κ3) is 2.66. The molecule has 2 aromatic rings. The summed E-state index contributed by atoms with van der Waals surface area (Å²) in [4.78, 5) is 20.1. The lowest BCUT2D eigenvalue weighted by Crippen LogP contribution is -2.24. The van der Waals surface area contributed by atoms with Crippen LogP contribution in [0.1, 0.15) is 11.3 Å². The van der Waals surface area contributed by atoms with Crippen LogP contribution in [0.2, 0.25) is 5.15 Å². The zero-order valence-electron chi connectivity index (χ0n) is 9.02. The second-order valence-electron chi connectivity index (χ2n) is 3.55. The average Bonchev–Trinajstić information content (AvgIpc) is 2.32. The Morgan fingerprint density at radius 2 is 2.24 bits per heavy atom. The molecule has 2 aromatic heterocycles. The van der Waals surface area contributed by atoms with Gasteiger partial charge >= 0.3 is 0 Å². The van der Waals surface area contributed by atoms with E-state index in [1.807, 2.05) is 41.6 Å². The standard InChI is InChI=1S/C11H9ClIN3O/c1-7-3-2-4-14-8(7)5-16-6-15-10(12)9(13)11(16)17/h2-4,6H,5H2,1H3. The minimum absolute atomic E-state index is 0.143. The van der Waals surface area contributed by atoms with Gasteiger partial charge in [0.1, 0.15) is 8.72 Å². The fourth-order valence-corrected chi connectivity index (χ4v) is 1.98. The highest BCUT2D eigenvalue weighted by atomic mass is 127. The zero-order valence-corrected chi connectivity index (χ0v) is 11.9. The molecule has 0 radical (unpaired) electrons. The largest absolute Gasteiger partial charge is 0.292 e. The highest BCUT2D eigenvalue weighted by molar-refractivity contribution is 14.1. The van der Waals surface area contributed by atoms with Crippen LogP contribution in [-0.4, -0.2) is 14.5 Å². The van der Waals surface area contributed by atoms with Gasteiger partial charge in [-0.3, -0.25) is 14.3 Å². The number of nitrogens with zero attached hydrogens (tertiary/aromatic N) is 3. The van der Waals surface area contributed by atoms with E-state index in [1.54, 1.807) is 6.20 Å². The molecule has 2 heterocycles. The summed E-state index contributed by atoms with van der Waals surface area (Å²) in [6, 6.07) is 3.83. The Balaban J connectivity index is 2.41. The average molecular weight is 362 g/mol. The van der Waals surface area contributed by atoms with Crippen LogP contribution in [0.15, 0.2) is 29.5 Å². The lowest BCUT2D eigenvalue weighted by atomic mass is 10.2. The van der Waals surface area contributed by atoms with Crippen molar-refractivity contribution in [3.8, 4) is 0 Å². The summed E-state index contributed by atoms with van der Waals surface area (Å²) < 4.78 is 1.93. The van der Waals surface area contributed by atoms with E-state index in [2.05, 4.69) is 9.97 Å². The van der Waals surface area contributed by atoms with E-state index in [0.29, 0.717) is 10.1 Å². The summed E-state index contributed by atoms with van der Waals surface area (Å²) in [5, 5.41) is 0.240. The number of halogens is 2. The van der Waals surface area contributed by atoms with E-state index in [-0.39, 0.29) is 10.7 Å². The molecule has 2 rings (SSSR count). The van der Waals surface area contributed by atoms with Gasteiger partial charge in [0, 0.05) is 6.20 Å². The summed E-state index contributed by atoms with van der Waals surface area (Å²) in [7, 11) is 0. The van der Waals surface area contributed by atoms with Gasteiger partial charge in [-0.25, -0.2) is 4.98 Å². The number of rotatable bonds is 2. The van der Waals surface area contributed by atoms with E-state index in [1.165, 1.54) is 10.9 Å². The Morgan fingerprint density at radius 3 is 2.94 bits per heavy atom. The van der Waals surface area contributed by atoms with Crippen molar-refractivity contribution in [1.29, 1.82) is 0 Å². The number of pyridine rings is 1. The first kappa shape index (κ1) is 12.5. The van der Waals surface area contributed by atoms with Crippen LogP contribution in [0.3, 0.4) is 0 Å². The van der Waals surface area contributed by atoms with Crippen molar-refractivity contribution >= 4 is 34.2 Å². The number of hydrogen-bond acceptors (Lipinski definition) is 3. The maximum atomic E-state index is 11.9. The molecule has 0 bridgehead atoms. The fraction of sp³-hybridized carbons (Fsp3) is 0.182. The molecule has 0 aliphatic rings. The van der Waals surface area contributed by atoms with E-state index in [0.717, 1.165) is 11.3 Å². The van der Waals surface area contributed by atoms with Gasteiger partial charge in [-0.2, -0.15) is 0 Å². The van der Waals surface area contributed by atoms with Crippen molar-refractivity contribution in [2.75, 3.05) is 0 Å². The Labute approximate surface area is 117 Å². The van der Waals surface area contributed by atoms with Crippen molar-refractivity contribution in [3.63, 3.8) is 0 Å².